The van der Waals surface area contributed by atoms with E-state index in [0.717, 1.165) is 36.4 Å². The Labute approximate surface area is 157 Å². The molecule has 0 bridgehead atoms. The van der Waals surface area contributed by atoms with Crippen LogP contribution in [0.15, 0.2) is 72.8 Å². The van der Waals surface area contributed by atoms with Gasteiger partial charge in [0.25, 0.3) is 0 Å². The van der Waals surface area contributed by atoms with Gasteiger partial charge in [0.15, 0.2) is 0 Å². The number of esters is 1. The fourth-order valence-corrected chi connectivity index (χ4v) is 4.22. The van der Waals surface area contributed by atoms with Crippen molar-refractivity contribution in [3.63, 3.8) is 0 Å². The molecule has 1 fully saturated rings. The fraction of sp³-hybridized carbons (Fsp3) is 0.227. The molecular weight excluding hydrogens is 342 g/mol. The van der Waals surface area contributed by atoms with Gasteiger partial charge in [0, 0.05) is 17.1 Å². The number of hydrogen-bond donors (Lipinski definition) is 0. The first-order valence-electron chi connectivity index (χ1n) is 8.96. The Hall–Kier alpha value is -2.59. The number of hydrogen-bond acceptors (Lipinski definition) is 4. The zero-order valence-electron chi connectivity index (χ0n) is 14.5. The maximum atomic E-state index is 12.6. The minimum Gasteiger partial charge on any atom is -0.456 e. The second-order valence-corrected chi connectivity index (χ2v) is 7.56. The maximum Gasteiger partial charge on any atom is 0.348 e. The third-order valence-electron chi connectivity index (χ3n) is 4.64. The minimum atomic E-state index is -0.211. The summed E-state index contributed by atoms with van der Waals surface area (Å²) < 4.78 is 5.81. The van der Waals surface area contributed by atoms with Gasteiger partial charge in [-0.25, -0.2) is 4.79 Å². The highest BCUT2D eigenvalue weighted by Crippen LogP contribution is 2.29. The van der Waals surface area contributed by atoms with E-state index in [1.807, 2.05) is 48.5 Å². The van der Waals surface area contributed by atoms with E-state index in [2.05, 4.69) is 29.2 Å². The topological polar surface area (TPSA) is 29.5 Å². The molecule has 2 aromatic carbocycles. The van der Waals surface area contributed by atoms with Crippen LogP contribution in [0.1, 0.15) is 22.5 Å². The third kappa shape index (κ3) is 3.81. The van der Waals surface area contributed by atoms with Gasteiger partial charge in [-0.1, -0.05) is 48.5 Å². The average Bonchev–Trinajstić information content (AvgIpc) is 3.20. The molecule has 3 aromatic rings. The number of anilines is 1. The van der Waals surface area contributed by atoms with Crippen LogP contribution in [-0.2, 0) is 4.74 Å². The molecule has 4 rings (SSSR count). The Morgan fingerprint density at radius 1 is 0.962 bits per heavy atom. The zero-order chi connectivity index (χ0) is 17.8. The Kier molecular flexibility index (Phi) is 5.02. The van der Waals surface area contributed by atoms with Gasteiger partial charge in [-0.05, 0) is 42.7 Å². The molecule has 0 spiro atoms. The van der Waals surface area contributed by atoms with Crippen LogP contribution in [0, 0.1) is 0 Å². The van der Waals surface area contributed by atoms with Crippen molar-refractivity contribution in [3.8, 4) is 10.4 Å². The molecule has 26 heavy (non-hydrogen) atoms. The number of carbonyl (C=O) groups is 1. The summed E-state index contributed by atoms with van der Waals surface area (Å²) in [7, 11) is 0. The Morgan fingerprint density at radius 3 is 2.46 bits per heavy atom. The molecule has 0 aliphatic carbocycles. The third-order valence-corrected chi connectivity index (χ3v) is 5.75. The molecule has 1 unspecified atom stereocenters. The second kappa shape index (κ2) is 7.75. The lowest BCUT2D eigenvalue weighted by atomic mass is 10.1. The standard InChI is InChI=1S/C22H21NO2S/c24-22(21-14-13-20(26-21)17-8-3-1-4-9-17)25-19-12-7-15-23(16-19)18-10-5-2-6-11-18/h1-6,8-11,13-14,19H,7,12,15-16H2. The van der Waals surface area contributed by atoms with E-state index in [4.69, 9.17) is 4.74 Å². The summed E-state index contributed by atoms with van der Waals surface area (Å²) in [5, 5.41) is 0. The molecule has 0 amide bonds. The van der Waals surface area contributed by atoms with E-state index >= 15 is 0 Å². The lowest BCUT2D eigenvalue weighted by Gasteiger charge is -2.33. The number of nitrogens with zero attached hydrogens (tertiary/aromatic N) is 1. The second-order valence-electron chi connectivity index (χ2n) is 6.48. The number of benzene rings is 2. The van der Waals surface area contributed by atoms with Crippen molar-refractivity contribution in [3.05, 3.63) is 77.7 Å². The smallest absolute Gasteiger partial charge is 0.348 e. The van der Waals surface area contributed by atoms with Gasteiger partial charge in [-0.2, -0.15) is 0 Å². The highest BCUT2D eigenvalue weighted by Gasteiger charge is 2.24. The minimum absolute atomic E-state index is 0.0567. The quantitative estimate of drug-likeness (QED) is 0.594. The van der Waals surface area contributed by atoms with E-state index in [-0.39, 0.29) is 12.1 Å². The van der Waals surface area contributed by atoms with Crippen LogP contribution >= 0.6 is 11.3 Å². The van der Waals surface area contributed by atoms with Crippen LogP contribution < -0.4 is 4.90 Å². The summed E-state index contributed by atoms with van der Waals surface area (Å²) >= 11 is 1.49. The first-order chi connectivity index (χ1) is 12.8. The van der Waals surface area contributed by atoms with Crippen LogP contribution in [-0.4, -0.2) is 25.2 Å². The van der Waals surface area contributed by atoms with Gasteiger partial charge in [0.2, 0.25) is 0 Å². The molecule has 4 heteroatoms. The van der Waals surface area contributed by atoms with Crippen molar-refractivity contribution in [2.45, 2.75) is 18.9 Å². The fourth-order valence-electron chi connectivity index (χ4n) is 3.32. The van der Waals surface area contributed by atoms with Gasteiger partial charge < -0.3 is 9.64 Å². The van der Waals surface area contributed by atoms with E-state index in [9.17, 15) is 4.79 Å². The predicted molar refractivity (Wildman–Crippen MR) is 107 cm³/mol. The van der Waals surface area contributed by atoms with E-state index in [1.165, 1.54) is 17.0 Å². The van der Waals surface area contributed by atoms with E-state index in [1.54, 1.807) is 0 Å². The summed E-state index contributed by atoms with van der Waals surface area (Å²) in [6, 6.07) is 24.3. The highest BCUT2D eigenvalue weighted by molar-refractivity contribution is 7.17. The highest BCUT2D eigenvalue weighted by atomic mass is 32.1. The van der Waals surface area contributed by atoms with Gasteiger partial charge in [-0.15, -0.1) is 11.3 Å². The van der Waals surface area contributed by atoms with Crippen LogP contribution in [0.3, 0.4) is 0 Å². The Morgan fingerprint density at radius 2 is 1.69 bits per heavy atom. The molecule has 0 radical (unpaired) electrons. The first kappa shape index (κ1) is 16.9. The normalized spacial score (nSPS) is 17.1. The number of rotatable bonds is 4. The first-order valence-corrected chi connectivity index (χ1v) is 9.77. The maximum absolute atomic E-state index is 12.6. The van der Waals surface area contributed by atoms with Crippen molar-refractivity contribution >= 4 is 23.0 Å². The molecular formula is C22H21NO2S. The molecule has 1 aliphatic rings. The lowest BCUT2D eigenvalue weighted by Crippen LogP contribution is -2.40. The summed E-state index contributed by atoms with van der Waals surface area (Å²) in [6.45, 7) is 1.77. The average molecular weight is 363 g/mol. The number of piperidine rings is 1. The van der Waals surface area contributed by atoms with Gasteiger partial charge in [-0.3, -0.25) is 0 Å². The molecule has 1 aromatic heterocycles. The molecule has 1 aliphatic heterocycles. The van der Waals surface area contributed by atoms with Crippen LogP contribution in [0.2, 0.25) is 0 Å². The van der Waals surface area contributed by atoms with Gasteiger partial charge >= 0.3 is 5.97 Å². The number of ether oxygens (including phenoxy) is 1. The molecule has 1 saturated heterocycles. The molecule has 1 atom stereocenters. The van der Waals surface area contributed by atoms with Gasteiger partial charge in [0.05, 0.1) is 6.54 Å². The summed E-state index contributed by atoms with van der Waals surface area (Å²) in [6.07, 6.45) is 1.90. The van der Waals surface area contributed by atoms with Crippen molar-refractivity contribution in [1.82, 2.24) is 0 Å². The van der Waals surface area contributed by atoms with E-state index in [0.29, 0.717) is 4.88 Å². The van der Waals surface area contributed by atoms with Crippen LogP contribution in [0.25, 0.3) is 10.4 Å². The van der Waals surface area contributed by atoms with Crippen molar-refractivity contribution in [2.24, 2.45) is 0 Å². The Balaban J connectivity index is 1.41. The SMILES string of the molecule is O=C(OC1CCCN(c2ccccc2)C1)c1ccc(-c2ccccc2)s1. The number of para-hydroxylation sites is 1. The monoisotopic (exact) mass is 363 g/mol. The van der Waals surface area contributed by atoms with E-state index < -0.39 is 0 Å². The molecule has 0 saturated carbocycles. The zero-order valence-corrected chi connectivity index (χ0v) is 15.3. The van der Waals surface area contributed by atoms with Gasteiger partial charge in [0.1, 0.15) is 11.0 Å². The van der Waals surface area contributed by atoms with Crippen LogP contribution in [0.5, 0.6) is 0 Å². The summed E-state index contributed by atoms with van der Waals surface area (Å²) in [5.74, 6) is -0.211. The van der Waals surface area contributed by atoms with Crippen molar-refractivity contribution in [1.29, 1.82) is 0 Å². The lowest BCUT2D eigenvalue weighted by molar-refractivity contribution is 0.0275. The largest absolute Gasteiger partial charge is 0.456 e. The van der Waals surface area contributed by atoms with Crippen molar-refractivity contribution < 1.29 is 9.53 Å². The number of carbonyl (C=O) groups excluding carboxylic acids is 1. The van der Waals surface area contributed by atoms with Crippen molar-refractivity contribution in [2.75, 3.05) is 18.0 Å². The molecule has 3 nitrogen and oxygen atoms in total. The predicted octanol–water partition coefficient (Wildman–Crippen LogP) is 5.24. The Bertz CT molecular complexity index is 860. The molecule has 132 valence electrons. The molecule has 0 N–H and O–H groups in total. The molecule has 2 heterocycles. The van der Waals surface area contributed by atoms with Crippen LogP contribution in [0.4, 0.5) is 5.69 Å². The summed E-state index contributed by atoms with van der Waals surface area (Å²) in [4.78, 5) is 16.6. The number of thiophene rings is 1. The summed E-state index contributed by atoms with van der Waals surface area (Å²) in [5.41, 5.74) is 2.32.